The SMILES string of the molecule is COC(=O)c1ccccc1Cn1ccnc1-c1ccc(NC(C)=O)cc1. The van der Waals surface area contributed by atoms with Crippen LogP contribution in [0.15, 0.2) is 60.9 Å². The van der Waals surface area contributed by atoms with Crippen LogP contribution in [0.5, 0.6) is 0 Å². The fraction of sp³-hybridized carbons (Fsp3) is 0.150. The molecule has 3 aromatic rings. The Labute approximate surface area is 151 Å². The van der Waals surface area contributed by atoms with Crippen LogP contribution in [0, 0.1) is 0 Å². The molecule has 0 spiro atoms. The van der Waals surface area contributed by atoms with E-state index in [-0.39, 0.29) is 11.9 Å². The van der Waals surface area contributed by atoms with Crippen molar-refractivity contribution in [3.8, 4) is 11.4 Å². The van der Waals surface area contributed by atoms with Crippen LogP contribution < -0.4 is 5.32 Å². The largest absolute Gasteiger partial charge is 0.465 e. The van der Waals surface area contributed by atoms with Crippen LogP contribution in [-0.2, 0) is 16.1 Å². The summed E-state index contributed by atoms with van der Waals surface area (Å²) >= 11 is 0. The molecule has 3 rings (SSSR count). The molecule has 0 aliphatic heterocycles. The Kier molecular flexibility index (Phi) is 5.12. The normalized spacial score (nSPS) is 10.4. The summed E-state index contributed by atoms with van der Waals surface area (Å²) in [5.41, 5.74) is 3.04. The number of hydrogen-bond acceptors (Lipinski definition) is 4. The minimum Gasteiger partial charge on any atom is -0.465 e. The van der Waals surface area contributed by atoms with Gasteiger partial charge in [-0.25, -0.2) is 9.78 Å². The maximum Gasteiger partial charge on any atom is 0.338 e. The van der Waals surface area contributed by atoms with Gasteiger partial charge in [-0.3, -0.25) is 4.79 Å². The van der Waals surface area contributed by atoms with Crippen LogP contribution in [0.1, 0.15) is 22.8 Å². The number of esters is 1. The van der Waals surface area contributed by atoms with Crippen molar-refractivity contribution < 1.29 is 14.3 Å². The lowest BCUT2D eigenvalue weighted by molar-refractivity contribution is -0.114. The summed E-state index contributed by atoms with van der Waals surface area (Å²) in [6, 6.07) is 14.8. The number of amides is 1. The fourth-order valence-electron chi connectivity index (χ4n) is 2.75. The molecule has 0 unspecified atom stereocenters. The molecule has 0 aliphatic carbocycles. The molecule has 1 N–H and O–H groups in total. The van der Waals surface area contributed by atoms with Crippen molar-refractivity contribution in [1.82, 2.24) is 9.55 Å². The van der Waals surface area contributed by atoms with Crippen molar-refractivity contribution in [2.75, 3.05) is 12.4 Å². The minimum absolute atomic E-state index is 0.112. The first kappa shape index (κ1) is 17.4. The summed E-state index contributed by atoms with van der Waals surface area (Å²) in [6.45, 7) is 1.97. The molecule has 2 aromatic carbocycles. The number of nitrogens with one attached hydrogen (secondary N) is 1. The van der Waals surface area contributed by atoms with Crippen LogP contribution >= 0.6 is 0 Å². The van der Waals surface area contributed by atoms with E-state index in [4.69, 9.17) is 4.74 Å². The van der Waals surface area contributed by atoms with E-state index in [0.717, 1.165) is 22.6 Å². The minimum atomic E-state index is -0.359. The number of imidazole rings is 1. The number of ether oxygens (including phenoxy) is 1. The fourth-order valence-corrected chi connectivity index (χ4v) is 2.75. The third-order valence-corrected chi connectivity index (χ3v) is 3.94. The van der Waals surface area contributed by atoms with Crippen LogP contribution in [0.2, 0.25) is 0 Å². The standard InChI is InChI=1S/C20H19N3O3/c1-14(24)22-17-9-7-15(8-10-17)19-21-11-12-23(19)13-16-5-3-4-6-18(16)20(25)26-2/h3-12H,13H2,1-2H3,(H,22,24). The van der Waals surface area contributed by atoms with E-state index in [1.54, 1.807) is 12.3 Å². The second kappa shape index (κ2) is 7.65. The van der Waals surface area contributed by atoms with Crippen LogP contribution in [-0.4, -0.2) is 28.5 Å². The van der Waals surface area contributed by atoms with Gasteiger partial charge < -0.3 is 14.6 Å². The number of aromatic nitrogens is 2. The summed E-state index contributed by atoms with van der Waals surface area (Å²) in [6.07, 6.45) is 3.59. The molecular weight excluding hydrogens is 330 g/mol. The summed E-state index contributed by atoms with van der Waals surface area (Å²) < 4.78 is 6.82. The highest BCUT2D eigenvalue weighted by molar-refractivity contribution is 5.91. The van der Waals surface area contributed by atoms with Crippen LogP contribution in [0.25, 0.3) is 11.4 Å². The highest BCUT2D eigenvalue weighted by atomic mass is 16.5. The Morgan fingerprint density at radius 2 is 1.85 bits per heavy atom. The van der Waals surface area contributed by atoms with E-state index in [1.807, 2.05) is 53.2 Å². The molecule has 0 saturated carbocycles. The van der Waals surface area contributed by atoms with Gasteiger partial charge in [0, 0.05) is 37.1 Å². The molecule has 0 radical (unpaired) electrons. The predicted octanol–water partition coefficient (Wildman–Crippen LogP) is 3.34. The summed E-state index contributed by atoms with van der Waals surface area (Å²) in [5.74, 6) is 0.305. The highest BCUT2D eigenvalue weighted by Gasteiger charge is 2.13. The molecule has 6 heteroatoms. The van der Waals surface area contributed by atoms with E-state index in [0.29, 0.717) is 12.1 Å². The molecular formula is C20H19N3O3. The van der Waals surface area contributed by atoms with Gasteiger partial charge in [0.05, 0.1) is 12.7 Å². The molecule has 1 aromatic heterocycles. The molecule has 0 fully saturated rings. The summed E-state index contributed by atoms with van der Waals surface area (Å²) in [4.78, 5) is 27.5. The number of rotatable bonds is 5. The quantitative estimate of drug-likeness (QED) is 0.717. The average Bonchev–Trinajstić information content (AvgIpc) is 3.10. The molecule has 0 atom stereocenters. The molecule has 26 heavy (non-hydrogen) atoms. The average molecular weight is 349 g/mol. The lowest BCUT2D eigenvalue weighted by Crippen LogP contribution is -2.09. The van der Waals surface area contributed by atoms with Crippen LogP contribution in [0.3, 0.4) is 0 Å². The smallest absolute Gasteiger partial charge is 0.338 e. The van der Waals surface area contributed by atoms with Gasteiger partial charge in [-0.1, -0.05) is 18.2 Å². The van der Waals surface area contributed by atoms with Crippen molar-refractivity contribution in [3.63, 3.8) is 0 Å². The Bertz CT molecular complexity index is 929. The van der Waals surface area contributed by atoms with Gasteiger partial charge in [-0.05, 0) is 35.9 Å². The Balaban J connectivity index is 1.88. The van der Waals surface area contributed by atoms with E-state index in [2.05, 4.69) is 10.3 Å². The van der Waals surface area contributed by atoms with Gasteiger partial charge in [-0.2, -0.15) is 0 Å². The molecule has 0 bridgehead atoms. The first-order valence-electron chi connectivity index (χ1n) is 8.14. The Hall–Kier alpha value is -3.41. The second-order valence-electron chi connectivity index (χ2n) is 5.79. The first-order chi connectivity index (χ1) is 12.6. The Morgan fingerprint density at radius 1 is 1.12 bits per heavy atom. The molecule has 1 heterocycles. The number of anilines is 1. The third kappa shape index (κ3) is 3.80. The van der Waals surface area contributed by atoms with Crippen molar-refractivity contribution in [2.24, 2.45) is 0 Å². The van der Waals surface area contributed by atoms with E-state index < -0.39 is 0 Å². The zero-order valence-corrected chi connectivity index (χ0v) is 14.6. The highest BCUT2D eigenvalue weighted by Crippen LogP contribution is 2.22. The van der Waals surface area contributed by atoms with Gasteiger partial charge in [0.1, 0.15) is 5.82 Å². The van der Waals surface area contributed by atoms with Crippen molar-refractivity contribution >= 4 is 17.6 Å². The van der Waals surface area contributed by atoms with Crippen molar-refractivity contribution in [3.05, 3.63) is 72.1 Å². The third-order valence-electron chi connectivity index (χ3n) is 3.94. The summed E-state index contributed by atoms with van der Waals surface area (Å²) in [7, 11) is 1.37. The zero-order chi connectivity index (χ0) is 18.5. The van der Waals surface area contributed by atoms with Crippen molar-refractivity contribution in [1.29, 1.82) is 0 Å². The van der Waals surface area contributed by atoms with Gasteiger partial charge >= 0.3 is 5.97 Å². The van der Waals surface area contributed by atoms with Gasteiger partial charge in [0.15, 0.2) is 0 Å². The maximum absolute atomic E-state index is 12.0. The predicted molar refractivity (Wildman–Crippen MR) is 98.9 cm³/mol. The number of hydrogen-bond donors (Lipinski definition) is 1. The molecule has 1 amide bonds. The topological polar surface area (TPSA) is 73.2 Å². The van der Waals surface area contributed by atoms with Gasteiger partial charge in [0.2, 0.25) is 5.91 Å². The number of carbonyl (C=O) groups is 2. The van der Waals surface area contributed by atoms with E-state index in [9.17, 15) is 9.59 Å². The molecule has 0 aliphatic rings. The molecule has 132 valence electrons. The number of nitrogens with zero attached hydrogens (tertiary/aromatic N) is 2. The number of carbonyl (C=O) groups excluding carboxylic acids is 2. The monoisotopic (exact) mass is 349 g/mol. The zero-order valence-electron chi connectivity index (χ0n) is 14.6. The van der Waals surface area contributed by atoms with E-state index >= 15 is 0 Å². The van der Waals surface area contributed by atoms with Gasteiger partial charge in [0.25, 0.3) is 0 Å². The van der Waals surface area contributed by atoms with Crippen molar-refractivity contribution in [2.45, 2.75) is 13.5 Å². The van der Waals surface area contributed by atoms with Crippen LogP contribution in [0.4, 0.5) is 5.69 Å². The molecule has 6 nitrogen and oxygen atoms in total. The lowest BCUT2D eigenvalue weighted by atomic mass is 10.1. The number of benzene rings is 2. The molecule has 0 saturated heterocycles. The Morgan fingerprint density at radius 3 is 2.54 bits per heavy atom. The van der Waals surface area contributed by atoms with Gasteiger partial charge in [-0.15, -0.1) is 0 Å². The maximum atomic E-state index is 12.0. The number of methoxy groups -OCH3 is 1. The summed E-state index contributed by atoms with van der Waals surface area (Å²) in [5, 5.41) is 2.74. The van der Waals surface area contributed by atoms with E-state index in [1.165, 1.54) is 14.0 Å². The first-order valence-corrected chi connectivity index (χ1v) is 8.14. The lowest BCUT2D eigenvalue weighted by Gasteiger charge is -2.12. The second-order valence-corrected chi connectivity index (χ2v) is 5.79.